The van der Waals surface area contributed by atoms with Gasteiger partial charge in [0.25, 0.3) is 0 Å². The number of benzene rings is 1. The molecular weight excluding hydrogens is 343 g/mol. The molecule has 5 heteroatoms. The molecule has 0 bridgehead atoms. The summed E-state index contributed by atoms with van der Waals surface area (Å²) in [6.45, 7) is 8.75. The van der Waals surface area contributed by atoms with Crippen LogP contribution < -0.4 is 10.1 Å². The summed E-state index contributed by atoms with van der Waals surface area (Å²) in [5.41, 5.74) is 1.48. The van der Waals surface area contributed by atoms with Crippen LogP contribution in [-0.2, 0) is 0 Å². The molecule has 24 heavy (non-hydrogen) atoms. The first kappa shape index (κ1) is 21.6. The van der Waals surface area contributed by atoms with E-state index in [-0.39, 0.29) is 30.9 Å². The van der Waals surface area contributed by atoms with Crippen LogP contribution in [0.4, 0.5) is 0 Å². The van der Waals surface area contributed by atoms with Crippen molar-refractivity contribution in [3.05, 3.63) is 29.8 Å². The van der Waals surface area contributed by atoms with Crippen molar-refractivity contribution in [1.82, 2.24) is 10.2 Å². The molecule has 1 atom stereocenters. The third kappa shape index (κ3) is 5.52. The van der Waals surface area contributed by atoms with E-state index in [1.807, 2.05) is 0 Å². The standard InChI is InChI=1S/C19H30N2O.2ClH/c1-15(2)22-18-9-7-17(8-10-18)19(16-5-3-4-6-16)21-13-11-20-12-14-21;;/h7-10,15-16,19-20H,3-6,11-14H2,1-2H3;2*1H/t19-;;/m1../s1. The molecule has 1 heterocycles. The summed E-state index contributed by atoms with van der Waals surface area (Å²) in [6.07, 6.45) is 5.83. The van der Waals surface area contributed by atoms with Gasteiger partial charge in [0.15, 0.2) is 0 Å². The van der Waals surface area contributed by atoms with Gasteiger partial charge in [-0.25, -0.2) is 0 Å². The van der Waals surface area contributed by atoms with E-state index < -0.39 is 0 Å². The van der Waals surface area contributed by atoms with Gasteiger partial charge in [-0.2, -0.15) is 0 Å². The van der Waals surface area contributed by atoms with E-state index in [0.29, 0.717) is 6.04 Å². The average molecular weight is 375 g/mol. The molecule has 1 saturated heterocycles. The summed E-state index contributed by atoms with van der Waals surface area (Å²) in [6, 6.07) is 9.49. The van der Waals surface area contributed by atoms with Crippen molar-refractivity contribution in [2.45, 2.75) is 51.7 Å². The predicted molar refractivity (Wildman–Crippen MR) is 106 cm³/mol. The van der Waals surface area contributed by atoms with Crippen molar-refractivity contribution >= 4 is 24.8 Å². The van der Waals surface area contributed by atoms with E-state index in [2.05, 4.69) is 48.3 Å². The minimum Gasteiger partial charge on any atom is -0.491 e. The summed E-state index contributed by atoms with van der Waals surface area (Å²) >= 11 is 0. The topological polar surface area (TPSA) is 24.5 Å². The van der Waals surface area contributed by atoms with Gasteiger partial charge in [0.1, 0.15) is 5.75 Å². The van der Waals surface area contributed by atoms with Crippen molar-refractivity contribution in [3.63, 3.8) is 0 Å². The maximum absolute atomic E-state index is 5.80. The Morgan fingerprint density at radius 1 is 1.00 bits per heavy atom. The van der Waals surface area contributed by atoms with E-state index in [1.165, 1.54) is 44.3 Å². The fourth-order valence-corrected chi connectivity index (χ4v) is 4.03. The Morgan fingerprint density at radius 2 is 1.58 bits per heavy atom. The molecule has 1 aliphatic carbocycles. The van der Waals surface area contributed by atoms with E-state index in [0.717, 1.165) is 24.8 Å². The zero-order valence-electron chi connectivity index (χ0n) is 14.9. The van der Waals surface area contributed by atoms with Crippen molar-refractivity contribution in [1.29, 1.82) is 0 Å². The third-order valence-corrected chi connectivity index (χ3v) is 4.98. The number of hydrogen-bond donors (Lipinski definition) is 1. The summed E-state index contributed by atoms with van der Waals surface area (Å²) < 4.78 is 5.80. The zero-order chi connectivity index (χ0) is 15.4. The molecule has 2 aliphatic rings. The molecule has 0 radical (unpaired) electrons. The number of piperazine rings is 1. The van der Waals surface area contributed by atoms with Crippen molar-refractivity contribution in [2.24, 2.45) is 5.92 Å². The SMILES string of the molecule is CC(C)Oc1ccc([C@@H](C2CCCC2)N2CCNCC2)cc1.Cl.Cl. The maximum atomic E-state index is 5.80. The Kier molecular flexibility index (Phi) is 9.43. The zero-order valence-corrected chi connectivity index (χ0v) is 16.5. The van der Waals surface area contributed by atoms with E-state index in [1.54, 1.807) is 0 Å². The molecule has 138 valence electrons. The molecule has 3 rings (SSSR count). The fraction of sp³-hybridized carbons (Fsp3) is 0.684. The van der Waals surface area contributed by atoms with Crippen LogP contribution in [0.2, 0.25) is 0 Å². The van der Waals surface area contributed by atoms with Crippen LogP contribution in [0.25, 0.3) is 0 Å². The van der Waals surface area contributed by atoms with Crippen LogP contribution in [-0.4, -0.2) is 37.2 Å². The molecule has 2 fully saturated rings. The first-order chi connectivity index (χ1) is 10.7. The Hall–Kier alpha value is -0.480. The first-order valence-electron chi connectivity index (χ1n) is 8.95. The van der Waals surface area contributed by atoms with Gasteiger partial charge in [-0.1, -0.05) is 25.0 Å². The van der Waals surface area contributed by atoms with E-state index in [4.69, 9.17) is 4.74 Å². The minimum atomic E-state index is 0. The summed E-state index contributed by atoms with van der Waals surface area (Å²) in [5.74, 6) is 1.82. The second kappa shape index (κ2) is 10.5. The number of rotatable bonds is 5. The van der Waals surface area contributed by atoms with Gasteiger partial charge < -0.3 is 10.1 Å². The lowest BCUT2D eigenvalue weighted by atomic mass is 9.89. The predicted octanol–water partition coefficient (Wildman–Crippen LogP) is 4.45. The molecule has 0 unspecified atom stereocenters. The van der Waals surface area contributed by atoms with Gasteiger partial charge in [-0.3, -0.25) is 4.90 Å². The highest BCUT2D eigenvalue weighted by Crippen LogP contribution is 2.40. The van der Waals surface area contributed by atoms with Gasteiger partial charge in [-0.15, -0.1) is 24.8 Å². The van der Waals surface area contributed by atoms with Crippen LogP contribution >= 0.6 is 24.8 Å². The van der Waals surface area contributed by atoms with Crippen LogP contribution in [0, 0.1) is 5.92 Å². The monoisotopic (exact) mass is 374 g/mol. The first-order valence-corrected chi connectivity index (χ1v) is 8.95. The quantitative estimate of drug-likeness (QED) is 0.823. The Bertz CT molecular complexity index is 455. The Morgan fingerprint density at radius 3 is 2.12 bits per heavy atom. The minimum absolute atomic E-state index is 0. The molecule has 1 aromatic rings. The third-order valence-electron chi connectivity index (χ3n) is 4.98. The molecule has 1 N–H and O–H groups in total. The number of nitrogens with zero attached hydrogens (tertiary/aromatic N) is 1. The molecule has 1 aromatic carbocycles. The van der Waals surface area contributed by atoms with Crippen LogP contribution in [0.15, 0.2) is 24.3 Å². The largest absolute Gasteiger partial charge is 0.491 e. The number of halogens is 2. The van der Waals surface area contributed by atoms with E-state index >= 15 is 0 Å². The van der Waals surface area contributed by atoms with Crippen LogP contribution in [0.3, 0.4) is 0 Å². The van der Waals surface area contributed by atoms with Gasteiger partial charge in [0.05, 0.1) is 6.10 Å². The second-order valence-electron chi connectivity index (χ2n) is 7.01. The lowest BCUT2D eigenvalue weighted by Crippen LogP contribution is -2.46. The second-order valence-corrected chi connectivity index (χ2v) is 7.01. The Balaban J connectivity index is 0.00000144. The lowest BCUT2D eigenvalue weighted by molar-refractivity contribution is 0.125. The van der Waals surface area contributed by atoms with E-state index in [9.17, 15) is 0 Å². The summed E-state index contributed by atoms with van der Waals surface area (Å²) in [5, 5.41) is 3.48. The highest BCUT2D eigenvalue weighted by atomic mass is 35.5. The normalized spacial score (nSPS) is 20.3. The molecule has 3 nitrogen and oxygen atoms in total. The Labute approximate surface area is 159 Å². The molecule has 0 aromatic heterocycles. The molecule has 1 saturated carbocycles. The molecular formula is C19H32Cl2N2O. The summed E-state index contributed by atoms with van der Waals surface area (Å²) in [7, 11) is 0. The molecule has 0 amide bonds. The number of hydrogen-bond acceptors (Lipinski definition) is 3. The van der Waals surface area contributed by atoms with Crippen molar-refractivity contribution in [2.75, 3.05) is 26.2 Å². The maximum Gasteiger partial charge on any atom is 0.119 e. The van der Waals surface area contributed by atoms with Gasteiger partial charge in [-0.05, 0) is 50.3 Å². The number of nitrogens with one attached hydrogen (secondary N) is 1. The highest BCUT2D eigenvalue weighted by molar-refractivity contribution is 5.85. The fourth-order valence-electron chi connectivity index (χ4n) is 4.03. The van der Waals surface area contributed by atoms with Crippen molar-refractivity contribution in [3.8, 4) is 5.75 Å². The smallest absolute Gasteiger partial charge is 0.119 e. The lowest BCUT2D eigenvalue weighted by Gasteiger charge is -2.38. The molecule has 0 spiro atoms. The molecule has 1 aliphatic heterocycles. The van der Waals surface area contributed by atoms with Crippen LogP contribution in [0.1, 0.15) is 51.1 Å². The highest BCUT2D eigenvalue weighted by Gasteiger charge is 2.31. The average Bonchev–Trinajstić information content (AvgIpc) is 3.04. The van der Waals surface area contributed by atoms with Gasteiger partial charge >= 0.3 is 0 Å². The summed E-state index contributed by atoms with van der Waals surface area (Å²) in [4.78, 5) is 2.70. The van der Waals surface area contributed by atoms with Crippen LogP contribution in [0.5, 0.6) is 5.75 Å². The van der Waals surface area contributed by atoms with Crippen molar-refractivity contribution < 1.29 is 4.74 Å². The van der Waals surface area contributed by atoms with Gasteiger partial charge in [0.2, 0.25) is 0 Å². The number of ether oxygens (including phenoxy) is 1. The van der Waals surface area contributed by atoms with Gasteiger partial charge in [0, 0.05) is 32.2 Å².